The van der Waals surface area contributed by atoms with Crippen LogP contribution in [0.4, 0.5) is 0 Å². The summed E-state index contributed by atoms with van der Waals surface area (Å²) in [5, 5.41) is 2.65. The Morgan fingerprint density at radius 1 is 0.792 bits per heavy atom. The molecule has 0 saturated heterocycles. The minimum atomic E-state index is -0.153. The fourth-order valence-electron chi connectivity index (χ4n) is 9.92. The van der Waals surface area contributed by atoms with Crippen LogP contribution in [0.1, 0.15) is 91.0 Å². The molecule has 0 radical (unpaired) electrons. The Bertz CT molecular complexity index is 2310. The molecule has 6 nitrogen and oxygen atoms in total. The first-order chi connectivity index (χ1) is 23.3. The number of carbonyl (C=O) groups excluding carboxylic acids is 1. The van der Waals surface area contributed by atoms with E-state index in [0.29, 0.717) is 12.0 Å². The van der Waals surface area contributed by atoms with Gasteiger partial charge in [-0.25, -0.2) is 0 Å². The van der Waals surface area contributed by atoms with Gasteiger partial charge in [0.2, 0.25) is 5.91 Å². The second kappa shape index (κ2) is 10.2. The minimum absolute atomic E-state index is 0.153. The van der Waals surface area contributed by atoms with Crippen LogP contribution < -0.4 is 0 Å². The smallest absolute Gasteiger partial charge is 0.239 e. The largest absolute Gasteiger partial charge is 0.336 e. The van der Waals surface area contributed by atoms with Gasteiger partial charge in [0.05, 0.1) is 17.5 Å². The van der Waals surface area contributed by atoms with Gasteiger partial charge in [-0.05, 0) is 92.4 Å². The second-order valence-corrected chi connectivity index (χ2v) is 15.2. The third kappa shape index (κ3) is 4.05. The maximum atomic E-state index is 14.4. The predicted octanol–water partition coefficient (Wildman–Crippen LogP) is 7.98. The summed E-state index contributed by atoms with van der Waals surface area (Å²) in [6, 6.07) is 27.3. The summed E-state index contributed by atoms with van der Waals surface area (Å²) in [7, 11) is 2.20. The van der Waals surface area contributed by atoms with E-state index in [1.165, 1.54) is 61.1 Å². The van der Waals surface area contributed by atoms with Crippen LogP contribution >= 0.6 is 0 Å². The summed E-state index contributed by atoms with van der Waals surface area (Å²) in [6.07, 6.45) is 3.19. The highest BCUT2D eigenvalue weighted by molar-refractivity contribution is 6.02. The summed E-state index contributed by atoms with van der Waals surface area (Å²) in [6.45, 7) is 11.1. The van der Waals surface area contributed by atoms with Crippen molar-refractivity contribution in [2.75, 3.05) is 20.1 Å². The van der Waals surface area contributed by atoms with E-state index < -0.39 is 0 Å². The fraction of sp³-hybridized carbons (Fsp3) is 0.333. The van der Waals surface area contributed by atoms with E-state index in [2.05, 4.69) is 131 Å². The highest BCUT2D eigenvalue weighted by Gasteiger charge is 2.47. The maximum absolute atomic E-state index is 14.4. The molecule has 48 heavy (non-hydrogen) atoms. The van der Waals surface area contributed by atoms with Crippen LogP contribution in [-0.2, 0) is 19.6 Å². The lowest BCUT2D eigenvalue weighted by atomic mass is 9.82. The Balaban J connectivity index is 0.984. The van der Waals surface area contributed by atoms with Gasteiger partial charge in [-0.3, -0.25) is 19.2 Å². The van der Waals surface area contributed by atoms with Gasteiger partial charge >= 0.3 is 0 Å². The predicted molar refractivity (Wildman–Crippen MR) is 191 cm³/mol. The van der Waals surface area contributed by atoms with Crippen molar-refractivity contribution in [1.29, 1.82) is 0 Å². The van der Waals surface area contributed by atoms with Gasteiger partial charge < -0.3 is 9.47 Å². The first kappa shape index (κ1) is 28.5. The number of nitrogens with zero attached hydrogens (tertiary/aromatic N) is 5. The Hall–Kier alpha value is -4.52. The Morgan fingerprint density at radius 3 is 2.35 bits per heavy atom. The van der Waals surface area contributed by atoms with E-state index >= 15 is 0 Å². The summed E-state index contributed by atoms with van der Waals surface area (Å²) in [5.41, 5.74) is 15.4. The monoisotopic (exact) mass is 631 g/mol. The zero-order valence-electron chi connectivity index (χ0n) is 28.2. The number of aryl methyl sites for hydroxylation is 3. The molecule has 10 rings (SSSR count). The van der Waals surface area contributed by atoms with Gasteiger partial charge in [-0.2, -0.15) is 0 Å². The molecule has 0 fully saturated rings. The van der Waals surface area contributed by atoms with E-state index in [1.807, 2.05) is 0 Å². The number of carbonyl (C=O) groups is 1. The number of hydrogen-bond donors (Lipinski definition) is 0. The number of fused-ring (bicyclic) bond motifs is 6. The quantitative estimate of drug-likeness (QED) is 0.198. The SMILES string of the molecule is Cc1ccc2c(c1)c1c3n2C(=O)C(c2cccc(CN4Cc5c6n(c7ccc(C)cc57)C(c5ccc(C)nc5)CC6C4)c2)C3CN(C)C1. The van der Waals surface area contributed by atoms with Crippen molar-refractivity contribution in [3.63, 3.8) is 0 Å². The highest BCUT2D eigenvalue weighted by atomic mass is 16.2. The molecule has 7 heterocycles. The number of aromatic nitrogens is 3. The zero-order valence-corrected chi connectivity index (χ0v) is 28.2. The first-order valence-electron chi connectivity index (χ1n) is 17.6. The molecule has 0 amide bonds. The zero-order chi connectivity index (χ0) is 32.4. The molecule has 0 saturated carbocycles. The third-order valence-electron chi connectivity index (χ3n) is 11.9. The third-order valence-corrected chi connectivity index (χ3v) is 11.9. The number of benzene rings is 3. The molecular formula is C42H41N5O. The molecule has 0 N–H and O–H groups in total. The van der Waals surface area contributed by atoms with Crippen LogP contribution in [0, 0.1) is 20.8 Å². The van der Waals surface area contributed by atoms with Gasteiger partial charge in [-0.1, -0.05) is 53.6 Å². The highest BCUT2D eigenvalue weighted by Crippen LogP contribution is 2.51. The van der Waals surface area contributed by atoms with Crippen molar-refractivity contribution in [2.24, 2.45) is 0 Å². The molecule has 6 heteroatoms. The summed E-state index contributed by atoms with van der Waals surface area (Å²) in [4.78, 5) is 24.1. The number of pyridine rings is 1. The van der Waals surface area contributed by atoms with E-state index in [0.717, 1.165) is 55.9 Å². The Labute approximate surface area is 281 Å². The lowest BCUT2D eigenvalue weighted by molar-refractivity contribution is 0.0896. The lowest BCUT2D eigenvalue weighted by Gasteiger charge is -2.32. The molecule has 6 aromatic rings. The summed E-state index contributed by atoms with van der Waals surface area (Å²) >= 11 is 0. The van der Waals surface area contributed by atoms with Crippen LogP contribution in [0.25, 0.3) is 21.8 Å². The number of hydrogen-bond acceptors (Lipinski definition) is 4. The number of rotatable bonds is 4. The molecule has 4 aliphatic heterocycles. The van der Waals surface area contributed by atoms with Crippen molar-refractivity contribution in [1.82, 2.24) is 23.9 Å². The maximum Gasteiger partial charge on any atom is 0.239 e. The second-order valence-electron chi connectivity index (χ2n) is 15.2. The van der Waals surface area contributed by atoms with Crippen molar-refractivity contribution >= 4 is 27.7 Å². The van der Waals surface area contributed by atoms with Gasteiger partial charge in [0.15, 0.2) is 0 Å². The van der Waals surface area contributed by atoms with Crippen molar-refractivity contribution in [2.45, 2.75) is 70.6 Å². The molecule has 0 spiro atoms. The molecule has 240 valence electrons. The summed E-state index contributed by atoms with van der Waals surface area (Å²) < 4.78 is 4.71. The van der Waals surface area contributed by atoms with Gasteiger partial charge in [-0.15, -0.1) is 0 Å². The van der Waals surface area contributed by atoms with Crippen LogP contribution in [-0.4, -0.2) is 50.0 Å². The van der Waals surface area contributed by atoms with Crippen molar-refractivity contribution in [3.05, 3.63) is 135 Å². The van der Waals surface area contributed by atoms with Crippen LogP contribution in [0.5, 0.6) is 0 Å². The molecule has 3 aromatic carbocycles. The standard InChI is InChI=1S/C42H41N5O/c1-24-8-12-36-32(15-24)34-23-45(20-30-17-38(46(36)40(30)34)29-11-10-26(3)43-18-29)19-27-6-5-7-28(16-27)39-35-22-44(4)21-33-31-14-25(2)9-13-37(31)47(41(33)35)42(39)48/h5-16,18,30,35,38-39H,17,19-23H2,1-4H3. The molecule has 3 aromatic heterocycles. The molecule has 0 aliphatic carbocycles. The first-order valence-corrected chi connectivity index (χ1v) is 17.6. The average molecular weight is 632 g/mol. The topological polar surface area (TPSA) is 46.3 Å². The molecule has 4 unspecified atom stereocenters. The lowest BCUT2D eigenvalue weighted by Crippen LogP contribution is -2.32. The fourth-order valence-corrected chi connectivity index (χ4v) is 9.92. The van der Waals surface area contributed by atoms with E-state index in [-0.39, 0.29) is 17.7 Å². The van der Waals surface area contributed by atoms with Crippen LogP contribution in [0.15, 0.2) is 79.0 Å². The molecule has 4 atom stereocenters. The van der Waals surface area contributed by atoms with Crippen LogP contribution in [0.2, 0.25) is 0 Å². The van der Waals surface area contributed by atoms with E-state index in [1.54, 1.807) is 0 Å². The normalized spacial score (nSPS) is 23.4. The Morgan fingerprint density at radius 2 is 1.56 bits per heavy atom. The number of likely N-dealkylation sites (N-methyl/N-ethyl adjacent to an activating group) is 1. The van der Waals surface area contributed by atoms with Crippen molar-refractivity contribution in [3.8, 4) is 0 Å². The van der Waals surface area contributed by atoms with E-state index in [9.17, 15) is 4.79 Å². The molecule has 0 bridgehead atoms. The van der Waals surface area contributed by atoms with Gasteiger partial charge in [0, 0.05) is 84.1 Å². The minimum Gasteiger partial charge on any atom is -0.336 e. The Kier molecular flexibility index (Phi) is 6.08. The average Bonchev–Trinajstić information content (AvgIpc) is 3.78. The molecular weight excluding hydrogens is 590 g/mol. The van der Waals surface area contributed by atoms with Crippen LogP contribution in [0.3, 0.4) is 0 Å². The van der Waals surface area contributed by atoms with Gasteiger partial charge in [0.25, 0.3) is 0 Å². The van der Waals surface area contributed by atoms with Gasteiger partial charge in [0.1, 0.15) is 0 Å². The van der Waals surface area contributed by atoms with Crippen molar-refractivity contribution < 1.29 is 4.79 Å². The van der Waals surface area contributed by atoms with E-state index in [4.69, 9.17) is 0 Å². The molecule has 4 aliphatic rings. The summed E-state index contributed by atoms with van der Waals surface area (Å²) in [5.74, 6) is 0.731.